The van der Waals surface area contributed by atoms with Crippen LogP contribution in [0.25, 0.3) is 22.3 Å². The number of phenols is 2. The van der Waals surface area contributed by atoms with Crippen molar-refractivity contribution in [3.63, 3.8) is 0 Å². The molecule has 0 atom stereocenters. The van der Waals surface area contributed by atoms with Gasteiger partial charge < -0.3 is 41.2 Å². The number of phenolic OH excluding ortho intramolecular Hbond substituents is 2. The van der Waals surface area contributed by atoms with Gasteiger partial charge in [-0.3, -0.25) is 0 Å². The molecule has 222 valence electrons. The SMILES string of the molecule is CCCCN(CCCC)c1ccc(-c2c(O)[c+](-c3ccc(N(CCCC)CCCC)cc3O)[c+]2O)c(O)c1.[OH-].[OH-]. The molecule has 8 heteroatoms. The third-order valence-corrected chi connectivity index (χ3v) is 7.31. The summed E-state index contributed by atoms with van der Waals surface area (Å²) in [6.07, 6.45) is 8.67. The second kappa shape index (κ2) is 16.7. The van der Waals surface area contributed by atoms with E-state index in [9.17, 15) is 20.4 Å². The quantitative estimate of drug-likeness (QED) is 0.131. The number of rotatable bonds is 16. The molecule has 8 nitrogen and oxygen atoms in total. The molecule has 0 aliphatic rings. The third-order valence-electron chi connectivity index (χ3n) is 7.31. The molecule has 0 bridgehead atoms. The van der Waals surface area contributed by atoms with E-state index in [0.29, 0.717) is 11.1 Å². The summed E-state index contributed by atoms with van der Waals surface area (Å²) in [6.45, 7) is 12.3. The van der Waals surface area contributed by atoms with Crippen LogP contribution < -0.4 is 9.80 Å². The largest absolute Gasteiger partial charge is 0.870 e. The Balaban J connectivity index is 0.00000400. The summed E-state index contributed by atoms with van der Waals surface area (Å²) in [5, 5.41) is 43.6. The van der Waals surface area contributed by atoms with Crippen molar-refractivity contribution >= 4 is 11.4 Å². The zero-order chi connectivity index (χ0) is 27.7. The molecule has 3 aromatic carbocycles. The van der Waals surface area contributed by atoms with Gasteiger partial charge in [0.05, 0.1) is 5.69 Å². The van der Waals surface area contributed by atoms with Gasteiger partial charge in [0.1, 0.15) is 5.56 Å². The molecule has 6 N–H and O–H groups in total. The van der Waals surface area contributed by atoms with Crippen LogP contribution in [0.2, 0.25) is 0 Å². The van der Waals surface area contributed by atoms with Crippen LogP contribution in [0.5, 0.6) is 23.0 Å². The van der Waals surface area contributed by atoms with Crippen molar-refractivity contribution in [2.24, 2.45) is 0 Å². The Morgan fingerprint density at radius 2 is 1.05 bits per heavy atom. The van der Waals surface area contributed by atoms with E-state index in [0.717, 1.165) is 88.9 Å². The maximum atomic E-state index is 10.9. The van der Waals surface area contributed by atoms with Crippen molar-refractivity contribution in [3.8, 4) is 45.3 Å². The number of unbranched alkanes of at least 4 members (excludes halogenated alkanes) is 4. The highest BCUT2D eigenvalue weighted by atomic mass is 16.3. The van der Waals surface area contributed by atoms with Gasteiger partial charge in [-0.15, -0.1) is 0 Å². The van der Waals surface area contributed by atoms with E-state index in [1.807, 2.05) is 12.1 Å². The average molecular weight is 557 g/mol. The smallest absolute Gasteiger partial charge is 0.290 e. The summed E-state index contributed by atoms with van der Waals surface area (Å²) < 4.78 is 0. The second-order valence-electron chi connectivity index (χ2n) is 10.2. The molecule has 0 unspecified atom stereocenters. The molecule has 0 aliphatic heterocycles. The van der Waals surface area contributed by atoms with Gasteiger partial charge in [0.2, 0.25) is 11.3 Å². The zero-order valence-electron chi connectivity index (χ0n) is 24.5. The van der Waals surface area contributed by atoms with Gasteiger partial charge >= 0.3 is 0 Å². The fourth-order valence-electron chi connectivity index (χ4n) is 4.91. The van der Waals surface area contributed by atoms with E-state index in [4.69, 9.17) is 0 Å². The fourth-order valence-corrected chi connectivity index (χ4v) is 4.91. The Morgan fingerprint density at radius 1 is 0.625 bits per heavy atom. The van der Waals surface area contributed by atoms with E-state index in [-0.39, 0.29) is 45.1 Å². The number of anilines is 2. The number of benzene rings is 2. The molecule has 0 heterocycles. The van der Waals surface area contributed by atoms with Crippen molar-refractivity contribution in [1.29, 1.82) is 0 Å². The van der Waals surface area contributed by atoms with Gasteiger partial charge in [0.15, 0.2) is 11.3 Å². The van der Waals surface area contributed by atoms with E-state index < -0.39 is 0 Å². The van der Waals surface area contributed by atoms with Crippen LogP contribution in [-0.4, -0.2) is 57.6 Å². The first-order valence-electron chi connectivity index (χ1n) is 14.4. The van der Waals surface area contributed by atoms with Crippen LogP contribution in [0.4, 0.5) is 11.4 Å². The van der Waals surface area contributed by atoms with Crippen LogP contribution in [0.15, 0.2) is 36.4 Å². The minimum absolute atomic E-state index is 0. The Morgan fingerprint density at radius 3 is 1.43 bits per heavy atom. The first kappa shape index (κ1) is 34.7. The zero-order valence-corrected chi connectivity index (χ0v) is 24.5. The Labute approximate surface area is 239 Å². The maximum absolute atomic E-state index is 10.9. The van der Waals surface area contributed by atoms with Gasteiger partial charge in [-0.2, -0.15) is 0 Å². The number of nitrogens with zero attached hydrogens (tertiary/aromatic N) is 2. The van der Waals surface area contributed by atoms with Gasteiger partial charge in [0, 0.05) is 56.1 Å². The number of hydrogen-bond acceptors (Lipinski definition) is 8. The van der Waals surface area contributed by atoms with Crippen LogP contribution in [0, 0.1) is 0 Å². The van der Waals surface area contributed by atoms with Crippen LogP contribution in [0.1, 0.15) is 79.1 Å². The van der Waals surface area contributed by atoms with Gasteiger partial charge in [-0.05, 0) is 37.8 Å². The molecule has 0 amide bonds. The Bertz CT molecular complexity index is 1030. The summed E-state index contributed by atoms with van der Waals surface area (Å²) in [5.74, 6) is -0.239. The predicted molar refractivity (Wildman–Crippen MR) is 163 cm³/mol. The van der Waals surface area contributed by atoms with Gasteiger partial charge in [-0.1, -0.05) is 53.4 Å². The van der Waals surface area contributed by atoms with Crippen LogP contribution >= 0.6 is 0 Å². The highest BCUT2D eigenvalue weighted by Crippen LogP contribution is 2.58. The first-order chi connectivity index (χ1) is 18.4. The molecule has 0 fully saturated rings. The normalized spacial score (nSPS) is 10.7. The highest BCUT2D eigenvalue weighted by molar-refractivity contribution is 6.01. The molecule has 3 aromatic rings. The topological polar surface area (TPSA) is 147 Å². The van der Waals surface area contributed by atoms with Crippen LogP contribution in [0.3, 0.4) is 0 Å². The summed E-state index contributed by atoms with van der Waals surface area (Å²) in [4.78, 5) is 4.55. The molecule has 0 radical (unpaired) electrons. The molecular formula is C32H48N2O6. The summed E-state index contributed by atoms with van der Waals surface area (Å²) >= 11 is 0. The summed E-state index contributed by atoms with van der Waals surface area (Å²) in [7, 11) is 0. The number of aromatic hydroxyl groups is 4. The molecule has 0 saturated carbocycles. The minimum Gasteiger partial charge on any atom is -0.870 e. The van der Waals surface area contributed by atoms with Gasteiger partial charge in [0.25, 0.3) is 17.1 Å². The highest BCUT2D eigenvalue weighted by Gasteiger charge is 2.43. The van der Waals surface area contributed by atoms with E-state index in [1.165, 1.54) is 0 Å². The molecule has 3 rings (SSSR count). The van der Waals surface area contributed by atoms with E-state index >= 15 is 0 Å². The van der Waals surface area contributed by atoms with Gasteiger partial charge in [-0.25, -0.2) is 0 Å². The Kier molecular flexibility index (Phi) is 14.5. The van der Waals surface area contributed by atoms with Crippen molar-refractivity contribution in [2.75, 3.05) is 36.0 Å². The maximum Gasteiger partial charge on any atom is 0.290 e. The minimum atomic E-state index is -0.128. The lowest BCUT2D eigenvalue weighted by Gasteiger charge is -2.25. The molecule has 0 aromatic heterocycles. The van der Waals surface area contributed by atoms with Crippen molar-refractivity contribution < 1.29 is 31.4 Å². The van der Waals surface area contributed by atoms with Crippen LogP contribution in [-0.2, 0) is 0 Å². The first-order valence-corrected chi connectivity index (χ1v) is 14.4. The lowest BCUT2D eigenvalue weighted by Crippen LogP contribution is -2.25. The second-order valence-corrected chi connectivity index (χ2v) is 10.2. The summed E-state index contributed by atoms with van der Waals surface area (Å²) in [6, 6.07) is 10.8. The number of hydrogen-bond donors (Lipinski definition) is 4. The van der Waals surface area contributed by atoms with Crippen molar-refractivity contribution in [3.05, 3.63) is 36.4 Å². The monoisotopic (exact) mass is 556 g/mol. The Hall–Kier alpha value is -3.36. The average Bonchev–Trinajstić information content (AvgIpc) is 2.91. The van der Waals surface area contributed by atoms with Crippen molar-refractivity contribution in [1.82, 2.24) is 0 Å². The summed E-state index contributed by atoms with van der Waals surface area (Å²) in [5.41, 5.74) is 3.02. The molecular weight excluding hydrogens is 508 g/mol. The molecule has 0 saturated heterocycles. The standard InChI is InChI=1S/C32H44N2O4.2H2O/c1-5-9-17-33(18-10-6-2)23-13-15-25(27(35)21-23)29-31(37)30(32(29)38)26-16-14-24(22-28(26)36)34(19-11-7-3)20-12-8-4;;/h13-16,21-22,37H,5-12,17-20H2,1-4H3,(H-2,35,36,38);2*1H2. The lowest BCUT2D eigenvalue weighted by atomic mass is 9.88. The van der Waals surface area contributed by atoms with E-state index in [2.05, 4.69) is 37.5 Å². The third kappa shape index (κ3) is 7.86. The predicted octanol–water partition coefficient (Wildman–Crippen LogP) is 7.74. The molecule has 0 spiro atoms. The molecule has 40 heavy (non-hydrogen) atoms. The molecule has 0 aliphatic carbocycles. The van der Waals surface area contributed by atoms with Crippen molar-refractivity contribution in [2.45, 2.75) is 79.1 Å². The van der Waals surface area contributed by atoms with E-state index in [1.54, 1.807) is 24.3 Å². The fraction of sp³-hybridized carbons (Fsp3) is 0.500. The lowest BCUT2D eigenvalue weighted by molar-refractivity contribution is 0.430.